The van der Waals surface area contributed by atoms with E-state index in [1.807, 2.05) is 60.7 Å². The molecule has 0 fully saturated rings. The van der Waals surface area contributed by atoms with E-state index in [9.17, 15) is 0 Å². The fourth-order valence-corrected chi connectivity index (χ4v) is 6.72. The highest BCUT2D eigenvalue weighted by Crippen LogP contribution is 2.41. The number of fused-ring (bicyclic) bond motifs is 7. The molecule has 3 N–H and O–H groups in total. The molecule has 0 saturated heterocycles. The summed E-state index contributed by atoms with van der Waals surface area (Å²) in [6.45, 7) is 0. The van der Waals surface area contributed by atoms with Crippen molar-refractivity contribution in [3.05, 3.63) is 187 Å². The van der Waals surface area contributed by atoms with E-state index >= 15 is 0 Å². The van der Waals surface area contributed by atoms with Gasteiger partial charge in [0, 0.05) is 21.5 Å². The lowest BCUT2D eigenvalue weighted by Gasteiger charge is -2.12. The zero-order valence-corrected chi connectivity index (χ0v) is 27.6. The van der Waals surface area contributed by atoms with Crippen molar-refractivity contribution in [1.82, 2.24) is 0 Å². The first kappa shape index (κ1) is 30.8. The molecule has 2 heterocycles. The van der Waals surface area contributed by atoms with Crippen molar-refractivity contribution >= 4 is 55.2 Å². The van der Waals surface area contributed by atoms with Crippen molar-refractivity contribution in [3.8, 4) is 22.3 Å². The first-order valence-electron chi connectivity index (χ1n) is 16.7. The van der Waals surface area contributed by atoms with Crippen molar-refractivity contribution in [1.29, 1.82) is 5.41 Å². The Morgan fingerprint density at radius 2 is 0.900 bits per heavy atom. The lowest BCUT2D eigenvalue weighted by atomic mass is 9.92. The summed E-state index contributed by atoms with van der Waals surface area (Å²) >= 11 is 0. The minimum Gasteiger partial charge on any atom is -0.452 e. The fraction of sp³-hybridized carbons (Fsp3) is 0.0217. The van der Waals surface area contributed by atoms with Crippen molar-refractivity contribution in [2.45, 2.75) is 0 Å². The molecule has 4 nitrogen and oxygen atoms in total. The second-order valence-corrected chi connectivity index (χ2v) is 12.1. The average molecular weight is 647 g/mol. The molecule has 0 aliphatic rings. The molecule has 7 aromatic carbocycles. The molecular weight excluding hydrogens is 613 g/mol. The molecular formula is C46H34N2O2. The maximum absolute atomic E-state index is 8.87. The maximum Gasteiger partial charge on any atom is 0.178 e. The predicted molar refractivity (Wildman–Crippen MR) is 209 cm³/mol. The summed E-state index contributed by atoms with van der Waals surface area (Å²) in [5, 5.41) is 13.1. The van der Waals surface area contributed by atoms with Crippen LogP contribution in [0.2, 0.25) is 0 Å². The Morgan fingerprint density at radius 1 is 0.440 bits per heavy atom. The number of nitrogens with two attached hydrogens (primary N) is 1. The first-order chi connectivity index (χ1) is 24.7. The summed E-state index contributed by atoms with van der Waals surface area (Å²) in [6.07, 6.45) is 1.97. The lowest BCUT2D eigenvalue weighted by molar-refractivity contribution is 0.633. The highest BCUT2D eigenvalue weighted by atomic mass is 16.4. The van der Waals surface area contributed by atoms with Crippen LogP contribution in [-0.4, -0.2) is 12.8 Å². The Balaban J connectivity index is 0.00000177. The van der Waals surface area contributed by atoms with Gasteiger partial charge in [0.1, 0.15) is 11.2 Å². The largest absolute Gasteiger partial charge is 0.452 e. The number of nitrogens with one attached hydrogen (secondary N) is 1. The molecule has 0 unspecified atom stereocenters. The maximum atomic E-state index is 8.87. The van der Waals surface area contributed by atoms with E-state index in [0.29, 0.717) is 5.71 Å². The van der Waals surface area contributed by atoms with Gasteiger partial charge in [-0.25, -0.2) is 0 Å². The highest BCUT2D eigenvalue weighted by molar-refractivity contribution is 6.19. The van der Waals surface area contributed by atoms with Crippen LogP contribution in [-0.2, 0) is 0 Å². The van der Waals surface area contributed by atoms with Gasteiger partial charge < -0.3 is 20.0 Å². The fourth-order valence-electron chi connectivity index (χ4n) is 6.72. The molecule has 9 rings (SSSR count). The Bertz CT molecular complexity index is 2670. The van der Waals surface area contributed by atoms with Crippen LogP contribution in [0.1, 0.15) is 16.7 Å². The highest BCUT2D eigenvalue weighted by Gasteiger charge is 2.17. The third-order valence-corrected chi connectivity index (χ3v) is 9.15. The van der Waals surface area contributed by atoms with E-state index in [2.05, 4.69) is 115 Å². The van der Waals surface area contributed by atoms with Gasteiger partial charge in [-0.2, -0.15) is 0 Å². The number of hydrogen-bond donors (Lipinski definition) is 2. The Morgan fingerprint density at radius 3 is 1.48 bits per heavy atom. The van der Waals surface area contributed by atoms with Crippen molar-refractivity contribution in [3.63, 3.8) is 0 Å². The number of rotatable bonds is 6. The first-order valence-corrected chi connectivity index (χ1v) is 16.7. The summed E-state index contributed by atoms with van der Waals surface area (Å²) in [4.78, 5) is 0. The van der Waals surface area contributed by atoms with Crippen molar-refractivity contribution in [2.75, 3.05) is 7.05 Å². The van der Waals surface area contributed by atoms with Crippen molar-refractivity contribution in [2.24, 2.45) is 5.73 Å². The Hall–Kier alpha value is -6.49. The van der Waals surface area contributed by atoms with Crippen LogP contribution in [0.5, 0.6) is 0 Å². The molecule has 2 aromatic heterocycles. The standard InChI is InChI=1S/C45H29NO2.CH5N/c46-41(31-15-8-3-9-16-31)28-38(30-13-6-2-7-14-30)35-18-10-17-32(25-35)34-20-24-43-40(27-34)37-22-21-36-39-26-33(29-11-4-1-5-12-29)19-23-42(39)47-44(36)45(37)48-43;1-2/h1-28,46H;2H2,1H3/b38-28-,46-41?;. The molecule has 0 amide bonds. The van der Waals surface area contributed by atoms with Crippen LogP contribution in [0.25, 0.3) is 71.7 Å². The molecule has 0 radical (unpaired) electrons. The second kappa shape index (κ2) is 13.2. The molecule has 50 heavy (non-hydrogen) atoms. The molecule has 0 bridgehead atoms. The van der Waals surface area contributed by atoms with E-state index in [0.717, 1.165) is 82.8 Å². The second-order valence-electron chi connectivity index (χ2n) is 12.1. The monoisotopic (exact) mass is 646 g/mol. The SMILES string of the molecule is CN.N=C(/C=C(/c1ccccc1)c1cccc(-c2ccc3oc4c(ccc5c6cc(-c7ccccc7)ccc6oc54)c3c2)c1)c1ccccc1. The molecule has 9 aromatic rings. The van der Waals surface area contributed by atoms with Crippen LogP contribution in [0.15, 0.2) is 179 Å². The van der Waals surface area contributed by atoms with Gasteiger partial charge in [0.25, 0.3) is 0 Å². The van der Waals surface area contributed by atoms with Crippen LogP contribution < -0.4 is 5.73 Å². The van der Waals surface area contributed by atoms with Gasteiger partial charge in [-0.15, -0.1) is 0 Å². The van der Waals surface area contributed by atoms with E-state index in [4.69, 9.17) is 14.2 Å². The van der Waals surface area contributed by atoms with Gasteiger partial charge in [0.05, 0.1) is 5.71 Å². The van der Waals surface area contributed by atoms with Crippen molar-refractivity contribution < 1.29 is 8.83 Å². The summed E-state index contributed by atoms with van der Waals surface area (Å²) in [5.74, 6) is 0. The third-order valence-electron chi connectivity index (χ3n) is 9.15. The molecule has 0 saturated carbocycles. The van der Waals surface area contributed by atoms with Gasteiger partial charge in [-0.05, 0) is 100 Å². The van der Waals surface area contributed by atoms with Crippen LogP contribution in [0, 0.1) is 5.41 Å². The quantitative estimate of drug-likeness (QED) is 0.177. The molecule has 0 aliphatic heterocycles. The number of allylic oxidation sites excluding steroid dienone is 1. The zero-order valence-electron chi connectivity index (χ0n) is 27.6. The molecule has 0 atom stereocenters. The number of furan rings is 2. The number of hydrogen-bond acceptors (Lipinski definition) is 4. The third kappa shape index (κ3) is 5.58. The smallest absolute Gasteiger partial charge is 0.178 e. The molecule has 4 heteroatoms. The zero-order chi connectivity index (χ0) is 34.0. The summed E-state index contributed by atoms with van der Waals surface area (Å²) < 4.78 is 12.9. The van der Waals surface area contributed by atoms with E-state index in [-0.39, 0.29) is 0 Å². The minimum atomic E-state index is 0.472. The Kier molecular flexibility index (Phi) is 8.13. The predicted octanol–water partition coefficient (Wildman–Crippen LogP) is 11.9. The normalized spacial score (nSPS) is 11.6. The molecule has 0 spiro atoms. The average Bonchev–Trinajstić information content (AvgIpc) is 3.76. The molecule has 240 valence electrons. The lowest BCUT2D eigenvalue weighted by Crippen LogP contribution is -1.98. The number of benzene rings is 7. The van der Waals surface area contributed by atoms with Gasteiger partial charge in [-0.3, -0.25) is 0 Å². The van der Waals surface area contributed by atoms with Crippen LogP contribution >= 0.6 is 0 Å². The van der Waals surface area contributed by atoms with Gasteiger partial charge in [0.2, 0.25) is 0 Å². The molecule has 0 aliphatic carbocycles. The minimum absolute atomic E-state index is 0.472. The topological polar surface area (TPSA) is 76.2 Å². The summed E-state index contributed by atoms with van der Waals surface area (Å²) in [6, 6.07) is 56.2. The van der Waals surface area contributed by atoms with Crippen LogP contribution in [0.3, 0.4) is 0 Å². The summed E-state index contributed by atoms with van der Waals surface area (Å²) in [5.41, 5.74) is 16.7. The Labute approximate surface area is 290 Å². The van der Waals surface area contributed by atoms with Gasteiger partial charge >= 0.3 is 0 Å². The van der Waals surface area contributed by atoms with E-state index < -0.39 is 0 Å². The summed E-state index contributed by atoms with van der Waals surface area (Å²) in [7, 11) is 1.50. The van der Waals surface area contributed by atoms with E-state index in [1.165, 1.54) is 12.6 Å². The van der Waals surface area contributed by atoms with Crippen LogP contribution in [0.4, 0.5) is 0 Å². The van der Waals surface area contributed by atoms with E-state index in [1.54, 1.807) is 0 Å². The van der Waals surface area contributed by atoms with Gasteiger partial charge in [-0.1, -0.05) is 121 Å². The van der Waals surface area contributed by atoms with Gasteiger partial charge in [0.15, 0.2) is 11.2 Å².